The normalized spacial score (nSPS) is 13.5. The van der Waals surface area contributed by atoms with Crippen molar-refractivity contribution in [3.05, 3.63) is 29.6 Å². The molecule has 0 spiro atoms. The summed E-state index contributed by atoms with van der Waals surface area (Å²) >= 11 is 0. The fourth-order valence-electron chi connectivity index (χ4n) is 2.70. The van der Waals surface area contributed by atoms with E-state index < -0.39 is 0 Å². The molecule has 1 N–H and O–H groups in total. The van der Waals surface area contributed by atoms with E-state index in [0.717, 1.165) is 25.8 Å². The molecule has 0 radical (unpaired) electrons. The Bertz CT molecular complexity index is 367. The van der Waals surface area contributed by atoms with Gasteiger partial charge in [0, 0.05) is 19.5 Å². The molecule has 19 heavy (non-hydrogen) atoms. The first-order chi connectivity index (χ1) is 9.13. The van der Waals surface area contributed by atoms with Crippen LogP contribution in [0.1, 0.15) is 57.2 Å². The average molecular weight is 264 g/mol. The van der Waals surface area contributed by atoms with Crippen molar-refractivity contribution in [2.75, 3.05) is 13.7 Å². The maximum Gasteiger partial charge on any atom is 0.0867 e. The molecule has 1 atom stereocenters. The van der Waals surface area contributed by atoms with Crippen molar-refractivity contribution >= 4 is 0 Å². The number of nitrogens with zero attached hydrogens (tertiary/aromatic N) is 1. The highest BCUT2D eigenvalue weighted by atomic mass is 16.5. The number of hydrogen-bond donors (Lipinski definition) is 1. The van der Waals surface area contributed by atoms with Gasteiger partial charge in [-0.25, -0.2) is 0 Å². The molecule has 3 heteroatoms. The van der Waals surface area contributed by atoms with Crippen LogP contribution in [-0.2, 0) is 4.74 Å². The Morgan fingerprint density at radius 1 is 1.26 bits per heavy atom. The molecule has 1 rings (SSSR count). The van der Waals surface area contributed by atoms with E-state index in [9.17, 15) is 0 Å². The first kappa shape index (κ1) is 16.1. The molecule has 0 aliphatic carbocycles. The Morgan fingerprint density at radius 3 is 2.42 bits per heavy atom. The van der Waals surface area contributed by atoms with Gasteiger partial charge in [0.05, 0.1) is 11.6 Å². The number of aromatic nitrogens is 1. The second-order valence-corrected chi connectivity index (χ2v) is 5.16. The third-order valence-corrected chi connectivity index (χ3v) is 3.96. The quantitative estimate of drug-likeness (QED) is 0.778. The van der Waals surface area contributed by atoms with Gasteiger partial charge >= 0.3 is 0 Å². The maximum absolute atomic E-state index is 5.90. The SMILES string of the molecule is CCCNC(c1cncc(C)c1)C(CC)(CC)OC. The van der Waals surface area contributed by atoms with E-state index in [2.05, 4.69) is 44.1 Å². The molecule has 0 saturated carbocycles. The van der Waals surface area contributed by atoms with Crippen molar-refractivity contribution in [2.24, 2.45) is 0 Å². The third kappa shape index (κ3) is 3.77. The van der Waals surface area contributed by atoms with Crippen molar-refractivity contribution in [3.8, 4) is 0 Å². The second-order valence-electron chi connectivity index (χ2n) is 5.16. The van der Waals surface area contributed by atoms with Crippen LogP contribution in [0, 0.1) is 6.92 Å². The summed E-state index contributed by atoms with van der Waals surface area (Å²) in [5, 5.41) is 3.64. The Morgan fingerprint density at radius 2 is 1.95 bits per heavy atom. The lowest BCUT2D eigenvalue weighted by molar-refractivity contribution is -0.0486. The van der Waals surface area contributed by atoms with Gasteiger partial charge in [-0.3, -0.25) is 4.98 Å². The van der Waals surface area contributed by atoms with Gasteiger partial charge in [-0.1, -0.05) is 26.8 Å². The molecule has 3 nitrogen and oxygen atoms in total. The first-order valence-electron chi connectivity index (χ1n) is 7.33. The summed E-state index contributed by atoms with van der Waals surface area (Å²) in [6.07, 6.45) is 6.93. The van der Waals surface area contributed by atoms with Crippen LogP contribution in [0.5, 0.6) is 0 Å². The number of hydrogen-bond acceptors (Lipinski definition) is 3. The van der Waals surface area contributed by atoms with Crippen molar-refractivity contribution in [3.63, 3.8) is 0 Å². The standard InChI is InChI=1S/C16H28N2O/c1-6-9-18-15(16(7-2,8-3)19-5)14-10-13(4)11-17-12-14/h10-12,15,18H,6-9H2,1-5H3. The molecule has 0 aliphatic heterocycles. The van der Waals surface area contributed by atoms with Gasteiger partial charge in [-0.05, 0) is 43.9 Å². The molecule has 0 aliphatic rings. The van der Waals surface area contributed by atoms with E-state index in [4.69, 9.17) is 4.74 Å². The summed E-state index contributed by atoms with van der Waals surface area (Å²) in [4.78, 5) is 4.33. The first-order valence-corrected chi connectivity index (χ1v) is 7.33. The van der Waals surface area contributed by atoms with E-state index in [1.165, 1.54) is 11.1 Å². The summed E-state index contributed by atoms with van der Waals surface area (Å²) in [7, 11) is 1.82. The predicted molar refractivity (Wildman–Crippen MR) is 80.3 cm³/mol. The van der Waals surface area contributed by atoms with Gasteiger partial charge in [-0.2, -0.15) is 0 Å². The molecule has 0 fully saturated rings. The van der Waals surface area contributed by atoms with Crippen molar-refractivity contribution in [1.82, 2.24) is 10.3 Å². The zero-order chi connectivity index (χ0) is 14.3. The van der Waals surface area contributed by atoms with Crippen LogP contribution in [0.3, 0.4) is 0 Å². The smallest absolute Gasteiger partial charge is 0.0867 e. The summed E-state index contributed by atoms with van der Waals surface area (Å²) in [5.74, 6) is 0. The number of rotatable bonds is 8. The average Bonchev–Trinajstić information content (AvgIpc) is 2.44. The summed E-state index contributed by atoms with van der Waals surface area (Å²) < 4.78 is 5.90. The fraction of sp³-hybridized carbons (Fsp3) is 0.688. The summed E-state index contributed by atoms with van der Waals surface area (Å²) in [6, 6.07) is 2.40. The summed E-state index contributed by atoms with van der Waals surface area (Å²) in [6.45, 7) is 9.64. The van der Waals surface area contributed by atoms with Crippen LogP contribution in [-0.4, -0.2) is 24.2 Å². The molecule has 108 valence electrons. The minimum atomic E-state index is -0.162. The number of ether oxygens (including phenoxy) is 1. The monoisotopic (exact) mass is 264 g/mol. The van der Waals surface area contributed by atoms with Crippen LogP contribution in [0.2, 0.25) is 0 Å². The largest absolute Gasteiger partial charge is 0.376 e. The van der Waals surface area contributed by atoms with E-state index in [-0.39, 0.29) is 11.6 Å². The highest BCUT2D eigenvalue weighted by Gasteiger charge is 2.36. The Kier molecular flexibility index (Phi) is 6.46. The van der Waals surface area contributed by atoms with E-state index in [1.807, 2.05) is 19.5 Å². The minimum Gasteiger partial charge on any atom is -0.376 e. The van der Waals surface area contributed by atoms with Crippen LogP contribution in [0.4, 0.5) is 0 Å². The maximum atomic E-state index is 5.90. The zero-order valence-electron chi connectivity index (χ0n) is 13.0. The molecular weight excluding hydrogens is 236 g/mol. The lowest BCUT2D eigenvalue weighted by Gasteiger charge is -2.39. The Labute approximate surface area is 117 Å². The number of nitrogens with one attached hydrogen (secondary N) is 1. The van der Waals surface area contributed by atoms with Crippen molar-refractivity contribution in [2.45, 2.75) is 58.6 Å². The number of aryl methyl sites for hydroxylation is 1. The number of pyridine rings is 1. The molecule has 1 unspecified atom stereocenters. The minimum absolute atomic E-state index is 0.162. The second kappa shape index (κ2) is 7.61. The van der Waals surface area contributed by atoms with Gasteiger partial charge in [0.1, 0.15) is 0 Å². The third-order valence-electron chi connectivity index (χ3n) is 3.96. The topological polar surface area (TPSA) is 34.2 Å². The van der Waals surface area contributed by atoms with Gasteiger partial charge in [0.2, 0.25) is 0 Å². The molecule has 1 heterocycles. The van der Waals surface area contributed by atoms with Crippen LogP contribution >= 0.6 is 0 Å². The van der Waals surface area contributed by atoms with E-state index >= 15 is 0 Å². The van der Waals surface area contributed by atoms with E-state index in [0.29, 0.717) is 0 Å². The lowest BCUT2D eigenvalue weighted by atomic mass is 9.84. The van der Waals surface area contributed by atoms with Gasteiger partial charge < -0.3 is 10.1 Å². The van der Waals surface area contributed by atoms with Crippen molar-refractivity contribution < 1.29 is 4.74 Å². The molecular formula is C16H28N2O. The van der Waals surface area contributed by atoms with Gasteiger partial charge in [0.25, 0.3) is 0 Å². The van der Waals surface area contributed by atoms with Gasteiger partial charge in [-0.15, -0.1) is 0 Å². The van der Waals surface area contributed by atoms with Crippen LogP contribution in [0.15, 0.2) is 18.5 Å². The Balaban J connectivity index is 3.12. The van der Waals surface area contributed by atoms with Crippen LogP contribution in [0.25, 0.3) is 0 Å². The molecule has 0 amide bonds. The van der Waals surface area contributed by atoms with Gasteiger partial charge in [0.15, 0.2) is 0 Å². The number of methoxy groups -OCH3 is 1. The van der Waals surface area contributed by atoms with Crippen LogP contribution < -0.4 is 5.32 Å². The predicted octanol–water partition coefficient (Wildman–Crippen LogP) is 3.64. The molecule has 1 aromatic rings. The van der Waals surface area contributed by atoms with E-state index in [1.54, 1.807) is 0 Å². The molecule has 0 bridgehead atoms. The summed E-state index contributed by atoms with van der Waals surface area (Å²) in [5.41, 5.74) is 2.25. The zero-order valence-corrected chi connectivity index (χ0v) is 13.0. The highest BCUT2D eigenvalue weighted by molar-refractivity contribution is 5.23. The lowest BCUT2D eigenvalue weighted by Crippen LogP contribution is -2.45. The molecule has 0 saturated heterocycles. The molecule has 0 aromatic carbocycles. The fourth-order valence-corrected chi connectivity index (χ4v) is 2.70. The Hall–Kier alpha value is -0.930. The molecule has 1 aromatic heterocycles. The highest BCUT2D eigenvalue weighted by Crippen LogP contribution is 2.34. The van der Waals surface area contributed by atoms with Crippen molar-refractivity contribution in [1.29, 1.82) is 0 Å².